The van der Waals surface area contributed by atoms with Crippen LogP contribution in [-0.4, -0.2) is 60.8 Å². The van der Waals surface area contributed by atoms with Crippen LogP contribution in [0.1, 0.15) is 72.6 Å². The van der Waals surface area contributed by atoms with Crippen molar-refractivity contribution in [2.45, 2.75) is 78.4 Å². The molecule has 0 heterocycles. The number of hydrogen-bond acceptors (Lipinski definition) is 9. The van der Waals surface area contributed by atoms with Gasteiger partial charge < -0.3 is 28.8 Å². The van der Waals surface area contributed by atoms with Gasteiger partial charge in [0.15, 0.2) is 34.5 Å². The van der Waals surface area contributed by atoms with Crippen molar-refractivity contribution in [2.24, 2.45) is 0 Å². The Kier molecular flexibility index (Phi) is 21.6. The lowest BCUT2D eigenvalue weighted by Crippen LogP contribution is -2.09. The predicted molar refractivity (Wildman–Crippen MR) is 173 cm³/mol. The van der Waals surface area contributed by atoms with Crippen LogP contribution in [0.4, 0.5) is 26.3 Å². The van der Waals surface area contributed by atoms with Crippen LogP contribution in [-0.2, 0) is 0 Å². The summed E-state index contributed by atoms with van der Waals surface area (Å²) in [4.78, 5) is 31.9. The number of alkyl halides is 7. The first-order valence-electron chi connectivity index (χ1n) is 14.2. The van der Waals surface area contributed by atoms with Crippen LogP contribution in [0.5, 0.6) is 34.5 Å². The molecule has 0 aliphatic rings. The normalized spacial score (nSPS) is 10.3. The van der Waals surface area contributed by atoms with Crippen molar-refractivity contribution in [3.63, 3.8) is 0 Å². The van der Waals surface area contributed by atoms with Crippen LogP contribution < -0.4 is 23.7 Å². The zero-order chi connectivity index (χ0) is 37.7. The van der Waals surface area contributed by atoms with Gasteiger partial charge in [0.05, 0.1) is 12.2 Å². The third-order valence-corrected chi connectivity index (χ3v) is 4.70. The highest BCUT2D eigenvalue weighted by molar-refractivity contribution is 9.09. The van der Waals surface area contributed by atoms with E-state index in [1.807, 2.05) is 0 Å². The molecule has 16 heteroatoms. The maximum atomic E-state index is 12.1. The Bertz CT molecular complexity index is 1350. The number of carbonyl (C=O) groups excluding carboxylic acids is 3. The van der Waals surface area contributed by atoms with Crippen molar-refractivity contribution in [1.82, 2.24) is 0 Å². The fraction of sp³-hybridized carbons (Fsp3) is 0.364. The molecule has 0 spiro atoms. The number of ether oxygens (including phenoxy) is 5. The molecule has 3 aromatic rings. The lowest BCUT2D eigenvalue weighted by Gasteiger charge is -2.14. The van der Waals surface area contributed by atoms with E-state index >= 15 is 0 Å². The largest absolute Gasteiger partial charge is 0.504 e. The number of hydrogen-bond donors (Lipinski definition) is 1. The zero-order valence-corrected chi connectivity index (χ0v) is 28.8. The Morgan fingerprint density at radius 2 is 0.796 bits per heavy atom. The lowest BCUT2D eigenvalue weighted by atomic mass is 10.2. The number of phenolic OH excluding ortho intramolecular Hbond substituents is 1. The van der Waals surface area contributed by atoms with Crippen LogP contribution in [0.15, 0.2) is 54.6 Å². The molecule has 3 rings (SSSR count). The molecule has 0 radical (unpaired) electrons. The Hall–Kier alpha value is -4.47. The zero-order valence-electron chi connectivity index (χ0n) is 27.3. The van der Waals surface area contributed by atoms with Crippen molar-refractivity contribution in [2.75, 3.05) is 0 Å². The molecule has 0 aromatic heterocycles. The van der Waals surface area contributed by atoms with Gasteiger partial charge in [-0.05, 0) is 82.3 Å². The van der Waals surface area contributed by atoms with Crippen molar-refractivity contribution in [3.05, 3.63) is 71.3 Å². The van der Waals surface area contributed by atoms with Gasteiger partial charge in [-0.1, -0.05) is 29.8 Å². The SMILES string of the molecule is CC(C)Br.CC(C)Oc1cc(C=O)ccc1OC(F)F.CC(C)Oc1cc(C=O)ccc1OC(F)F.O=Cc1ccc(OC(F)F)c(O)c1. The van der Waals surface area contributed by atoms with E-state index in [-0.39, 0.29) is 46.5 Å². The number of benzene rings is 3. The molecule has 0 saturated heterocycles. The number of aldehydes is 3. The molecule has 1 N–H and O–H groups in total. The fourth-order valence-corrected chi connectivity index (χ4v) is 3.08. The minimum Gasteiger partial charge on any atom is -0.504 e. The van der Waals surface area contributed by atoms with Gasteiger partial charge in [-0.25, -0.2) is 0 Å². The summed E-state index contributed by atoms with van der Waals surface area (Å²) in [7, 11) is 0. The topological polar surface area (TPSA) is 118 Å². The van der Waals surface area contributed by atoms with E-state index in [1.165, 1.54) is 42.5 Å². The number of halogens is 7. The van der Waals surface area contributed by atoms with Gasteiger partial charge in [-0.3, -0.25) is 14.4 Å². The molecule has 0 bridgehead atoms. The number of aromatic hydroxyl groups is 1. The van der Waals surface area contributed by atoms with Crippen molar-refractivity contribution >= 4 is 34.8 Å². The molecule has 0 unspecified atom stereocenters. The van der Waals surface area contributed by atoms with Gasteiger partial charge in [0.25, 0.3) is 0 Å². The molecule has 9 nitrogen and oxygen atoms in total. The summed E-state index contributed by atoms with van der Waals surface area (Å²) in [5.74, 6) is -0.700. The summed E-state index contributed by atoms with van der Waals surface area (Å²) in [6, 6.07) is 11.5. The van der Waals surface area contributed by atoms with Gasteiger partial charge in [0, 0.05) is 21.5 Å². The second kappa shape index (κ2) is 23.8. The smallest absolute Gasteiger partial charge is 0.387 e. The van der Waals surface area contributed by atoms with Gasteiger partial charge in [-0.15, -0.1) is 0 Å². The minimum atomic E-state index is -2.99. The molecule has 49 heavy (non-hydrogen) atoms. The minimum absolute atomic E-state index is 0.0747. The molecule has 0 atom stereocenters. The van der Waals surface area contributed by atoms with E-state index in [9.17, 15) is 40.7 Å². The van der Waals surface area contributed by atoms with Crippen LogP contribution in [0, 0.1) is 0 Å². The summed E-state index contributed by atoms with van der Waals surface area (Å²) >= 11 is 3.27. The maximum Gasteiger partial charge on any atom is 0.387 e. The molecule has 0 amide bonds. The third kappa shape index (κ3) is 20.5. The predicted octanol–water partition coefficient (Wildman–Crippen LogP) is 9.37. The molecule has 0 saturated carbocycles. The van der Waals surface area contributed by atoms with Crippen LogP contribution in [0.2, 0.25) is 0 Å². The van der Waals surface area contributed by atoms with Crippen molar-refractivity contribution < 1.29 is 69.5 Å². The first-order valence-corrected chi connectivity index (χ1v) is 15.1. The summed E-state index contributed by atoms with van der Waals surface area (Å²) in [5.41, 5.74) is 0.883. The summed E-state index contributed by atoms with van der Waals surface area (Å²) in [6.07, 6.45) is 1.33. The average molecular weight is 772 g/mol. The fourth-order valence-electron chi connectivity index (χ4n) is 3.08. The Labute approximate surface area is 288 Å². The van der Waals surface area contributed by atoms with E-state index < -0.39 is 25.6 Å². The van der Waals surface area contributed by atoms with Gasteiger partial charge in [-0.2, -0.15) is 26.3 Å². The summed E-state index contributed by atoms with van der Waals surface area (Å²) < 4.78 is 94.7. The van der Waals surface area contributed by atoms with Crippen LogP contribution in [0.3, 0.4) is 0 Å². The molecule has 3 aromatic carbocycles. The molecular formula is C33H37BrF6O9. The standard InChI is InChI=1S/2C11H12F2O3.C8H6F2O3.C3H7Br/c2*1-7(2)15-10-5-8(6-14)3-4-9(10)16-11(12)13;9-8(10)13-7-2-1-5(4-11)3-6(7)12;1-3(2)4/h2*3-7,11H,1-2H3;1-4,8,12H;3H,1-2H3. The van der Waals surface area contributed by atoms with Gasteiger partial charge >= 0.3 is 19.8 Å². The highest BCUT2D eigenvalue weighted by Crippen LogP contribution is 2.31. The monoisotopic (exact) mass is 770 g/mol. The van der Waals surface area contributed by atoms with E-state index in [0.717, 1.165) is 12.1 Å². The van der Waals surface area contributed by atoms with Crippen molar-refractivity contribution in [1.29, 1.82) is 0 Å². The quantitative estimate of drug-likeness (QED) is 0.103. The highest BCUT2D eigenvalue weighted by atomic mass is 79.9. The number of carbonyl (C=O) groups is 3. The number of rotatable bonds is 13. The highest BCUT2D eigenvalue weighted by Gasteiger charge is 2.14. The Morgan fingerprint density at radius 3 is 1.06 bits per heavy atom. The molecule has 0 fully saturated rings. The van der Waals surface area contributed by atoms with E-state index in [2.05, 4.69) is 44.0 Å². The van der Waals surface area contributed by atoms with E-state index in [4.69, 9.17) is 14.6 Å². The van der Waals surface area contributed by atoms with Gasteiger partial charge in [0.1, 0.15) is 18.9 Å². The number of phenols is 1. The first-order chi connectivity index (χ1) is 22.9. The molecule has 272 valence electrons. The second-order valence-electron chi connectivity index (χ2n) is 9.98. The second-order valence-corrected chi connectivity index (χ2v) is 11.8. The lowest BCUT2D eigenvalue weighted by molar-refractivity contribution is -0.0524. The van der Waals surface area contributed by atoms with Crippen molar-refractivity contribution in [3.8, 4) is 34.5 Å². The Morgan fingerprint density at radius 1 is 0.510 bits per heavy atom. The van der Waals surface area contributed by atoms with Crippen LogP contribution in [0.25, 0.3) is 0 Å². The summed E-state index contributed by atoms with van der Waals surface area (Å²) in [5, 5.41) is 9.05. The van der Waals surface area contributed by atoms with E-state index in [1.54, 1.807) is 27.7 Å². The van der Waals surface area contributed by atoms with Crippen LogP contribution >= 0.6 is 15.9 Å². The molecule has 0 aliphatic heterocycles. The maximum absolute atomic E-state index is 12.1. The Balaban J connectivity index is 0.000000671. The first kappa shape index (κ1) is 44.5. The average Bonchev–Trinajstić information content (AvgIpc) is 2.99. The summed E-state index contributed by atoms with van der Waals surface area (Å²) in [6.45, 7) is 2.33. The third-order valence-electron chi connectivity index (χ3n) is 4.70. The molecule has 0 aliphatic carbocycles. The van der Waals surface area contributed by atoms with E-state index in [0.29, 0.717) is 34.8 Å². The van der Waals surface area contributed by atoms with Gasteiger partial charge in [0.2, 0.25) is 0 Å². The molecular weight excluding hydrogens is 734 g/mol.